The lowest BCUT2D eigenvalue weighted by Crippen LogP contribution is -2.10. The van der Waals surface area contributed by atoms with Crippen LogP contribution in [0.5, 0.6) is 5.75 Å². The highest BCUT2D eigenvalue weighted by Gasteiger charge is 2.08. The Kier molecular flexibility index (Phi) is 6.95. The maximum absolute atomic E-state index is 8.83. The Bertz CT molecular complexity index is 432. The standard InChI is InChI=1S/C14H19IN2O2/c1-10(2)3-4-18-5-6-19-14-12(15)7-11(9-16)8-13(14)17/h7-8,10H,3-6,17H2,1-2H3. The van der Waals surface area contributed by atoms with Crippen molar-refractivity contribution in [2.75, 3.05) is 25.6 Å². The second-order valence-corrected chi connectivity index (χ2v) is 5.79. The zero-order chi connectivity index (χ0) is 14.3. The monoisotopic (exact) mass is 374 g/mol. The van der Waals surface area contributed by atoms with Crippen LogP contribution >= 0.6 is 22.6 Å². The van der Waals surface area contributed by atoms with Gasteiger partial charge in [-0.2, -0.15) is 5.26 Å². The maximum atomic E-state index is 8.83. The first-order valence-electron chi connectivity index (χ1n) is 6.24. The molecule has 0 amide bonds. The van der Waals surface area contributed by atoms with Crippen LogP contribution in [0.3, 0.4) is 0 Å². The molecule has 0 saturated carbocycles. The van der Waals surface area contributed by atoms with Gasteiger partial charge < -0.3 is 15.2 Å². The number of nitrogens with two attached hydrogens (primary N) is 1. The minimum absolute atomic E-state index is 0.462. The van der Waals surface area contributed by atoms with Gasteiger partial charge in [-0.05, 0) is 47.1 Å². The molecule has 0 unspecified atom stereocenters. The molecule has 0 radical (unpaired) electrons. The van der Waals surface area contributed by atoms with Gasteiger partial charge in [0.1, 0.15) is 6.61 Å². The van der Waals surface area contributed by atoms with Gasteiger partial charge in [0.05, 0.1) is 27.5 Å². The summed E-state index contributed by atoms with van der Waals surface area (Å²) in [6.45, 7) is 6.09. The van der Waals surface area contributed by atoms with Crippen molar-refractivity contribution in [2.24, 2.45) is 5.92 Å². The van der Waals surface area contributed by atoms with E-state index in [-0.39, 0.29) is 0 Å². The summed E-state index contributed by atoms with van der Waals surface area (Å²) in [6.07, 6.45) is 1.05. The molecular weight excluding hydrogens is 355 g/mol. The van der Waals surface area contributed by atoms with Gasteiger partial charge in [-0.1, -0.05) is 13.8 Å². The third kappa shape index (κ3) is 5.66. The summed E-state index contributed by atoms with van der Waals surface area (Å²) in [5.74, 6) is 1.28. The second-order valence-electron chi connectivity index (χ2n) is 4.63. The highest BCUT2D eigenvalue weighted by molar-refractivity contribution is 14.1. The molecule has 4 nitrogen and oxygen atoms in total. The first-order valence-corrected chi connectivity index (χ1v) is 7.32. The molecule has 0 heterocycles. The third-order valence-corrected chi connectivity index (χ3v) is 3.32. The molecule has 0 spiro atoms. The normalized spacial score (nSPS) is 10.5. The average Bonchev–Trinajstić information content (AvgIpc) is 2.35. The smallest absolute Gasteiger partial charge is 0.155 e. The lowest BCUT2D eigenvalue weighted by atomic mass is 10.1. The molecule has 5 heteroatoms. The molecular formula is C14H19IN2O2. The fraction of sp³-hybridized carbons (Fsp3) is 0.500. The van der Waals surface area contributed by atoms with Crippen molar-refractivity contribution in [1.82, 2.24) is 0 Å². The van der Waals surface area contributed by atoms with Crippen molar-refractivity contribution in [3.63, 3.8) is 0 Å². The molecule has 2 N–H and O–H groups in total. The van der Waals surface area contributed by atoms with Gasteiger partial charge in [0, 0.05) is 6.61 Å². The van der Waals surface area contributed by atoms with E-state index in [2.05, 4.69) is 42.5 Å². The molecule has 0 aliphatic carbocycles. The van der Waals surface area contributed by atoms with Crippen molar-refractivity contribution < 1.29 is 9.47 Å². The van der Waals surface area contributed by atoms with Crippen LogP contribution in [0.15, 0.2) is 12.1 Å². The fourth-order valence-corrected chi connectivity index (χ4v) is 2.26. The summed E-state index contributed by atoms with van der Waals surface area (Å²) in [5.41, 5.74) is 6.89. The van der Waals surface area contributed by atoms with E-state index in [1.807, 2.05) is 0 Å². The van der Waals surface area contributed by atoms with E-state index in [1.165, 1.54) is 0 Å². The number of nitrogen functional groups attached to an aromatic ring is 1. The molecule has 1 aromatic carbocycles. The number of ether oxygens (including phenoxy) is 2. The van der Waals surface area contributed by atoms with Crippen molar-refractivity contribution in [1.29, 1.82) is 5.26 Å². The molecule has 1 rings (SSSR count). The Morgan fingerprint density at radius 1 is 1.32 bits per heavy atom. The minimum Gasteiger partial charge on any atom is -0.488 e. The van der Waals surface area contributed by atoms with E-state index in [0.29, 0.717) is 36.1 Å². The summed E-state index contributed by atoms with van der Waals surface area (Å²) in [5, 5.41) is 8.83. The van der Waals surface area contributed by atoms with Gasteiger partial charge in [-0.25, -0.2) is 0 Å². The van der Waals surface area contributed by atoms with E-state index in [1.54, 1.807) is 12.1 Å². The highest BCUT2D eigenvalue weighted by atomic mass is 127. The van der Waals surface area contributed by atoms with Gasteiger partial charge >= 0.3 is 0 Å². The van der Waals surface area contributed by atoms with Crippen LogP contribution in [0.1, 0.15) is 25.8 Å². The van der Waals surface area contributed by atoms with E-state index >= 15 is 0 Å². The van der Waals surface area contributed by atoms with Crippen molar-refractivity contribution in [3.05, 3.63) is 21.3 Å². The van der Waals surface area contributed by atoms with Crippen LogP contribution in [0.2, 0.25) is 0 Å². The number of nitriles is 1. The molecule has 0 fully saturated rings. The predicted octanol–water partition coefficient (Wildman–Crippen LogP) is 3.19. The number of nitrogens with zero attached hydrogens (tertiary/aromatic N) is 1. The molecule has 0 atom stereocenters. The second kappa shape index (κ2) is 8.23. The summed E-state index contributed by atoms with van der Waals surface area (Å²) in [7, 11) is 0. The minimum atomic E-state index is 0.462. The maximum Gasteiger partial charge on any atom is 0.155 e. The van der Waals surface area contributed by atoms with Gasteiger partial charge in [-0.3, -0.25) is 0 Å². The number of benzene rings is 1. The van der Waals surface area contributed by atoms with Gasteiger partial charge in [0.2, 0.25) is 0 Å². The SMILES string of the molecule is CC(C)CCOCCOc1c(N)cc(C#N)cc1I. The zero-order valence-electron chi connectivity index (χ0n) is 11.3. The predicted molar refractivity (Wildman–Crippen MR) is 84.1 cm³/mol. The molecule has 0 aliphatic heterocycles. The largest absolute Gasteiger partial charge is 0.488 e. The molecule has 0 saturated heterocycles. The first kappa shape index (κ1) is 16.1. The van der Waals surface area contributed by atoms with Crippen LogP contribution in [0.25, 0.3) is 0 Å². The molecule has 0 bridgehead atoms. The van der Waals surface area contributed by atoms with E-state index in [0.717, 1.165) is 16.6 Å². The van der Waals surface area contributed by atoms with Crippen molar-refractivity contribution in [3.8, 4) is 11.8 Å². The third-order valence-electron chi connectivity index (χ3n) is 2.52. The molecule has 0 aliphatic rings. The number of hydrogen-bond donors (Lipinski definition) is 1. The fourth-order valence-electron chi connectivity index (χ4n) is 1.46. The Morgan fingerprint density at radius 3 is 2.63 bits per heavy atom. The van der Waals surface area contributed by atoms with Crippen LogP contribution in [0, 0.1) is 20.8 Å². The number of halogens is 1. The molecule has 19 heavy (non-hydrogen) atoms. The van der Waals surface area contributed by atoms with E-state index < -0.39 is 0 Å². The molecule has 104 valence electrons. The van der Waals surface area contributed by atoms with Crippen LogP contribution < -0.4 is 10.5 Å². The summed E-state index contributed by atoms with van der Waals surface area (Å²) in [6, 6.07) is 5.44. The zero-order valence-corrected chi connectivity index (χ0v) is 13.4. The molecule has 1 aromatic rings. The summed E-state index contributed by atoms with van der Waals surface area (Å²) < 4.78 is 11.9. The number of hydrogen-bond acceptors (Lipinski definition) is 4. The van der Waals surface area contributed by atoms with Crippen LogP contribution in [-0.4, -0.2) is 19.8 Å². The highest BCUT2D eigenvalue weighted by Crippen LogP contribution is 2.29. The quantitative estimate of drug-likeness (QED) is 0.452. The van der Waals surface area contributed by atoms with Gasteiger partial charge in [-0.15, -0.1) is 0 Å². The van der Waals surface area contributed by atoms with Crippen LogP contribution in [0.4, 0.5) is 5.69 Å². The molecule has 0 aromatic heterocycles. The van der Waals surface area contributed by atoms with E-state index in [9.17, 15) is 0 Å². The number of rotatable bonds is 7. The Hall–Kier alpha value is -1.00. The van der Waals surface area contributed by atoms with Crippen molar-refractivity contribution in [2.45, 2.75) is 20.3 Å². The Balaban J connectivity index is 2.40. The Labute approximate surface area is 128 Å². The summed E-state index contributed by atoms with van der Waals surface area (Å²) >= 11 is 2.12. The number of anilines is 1. The van der Waals surface area contributed by atoms with Crippen molar-refractivity contribution >= 4 is 28.3 Å². The summed E-state index contributed by atoms with van der Waals surface area (Å²) in [4.78, 5) is 0. The Morgan fingerprint density at radius 2 is 2.05 bits per heavy atom. The van der Waals surface area contributed by atoms with Crippen LogP contribution in [-0.2, 0) is 4.74 Å². The van der Waals surface area contributed by atoms with E-state index in [4.69, 9.17) is 20.5 Å². The first-order chi connectivity index (χ1) is 9.04. The lowest BCUT2D eigenvalue weighted by molar-refractivity contribution is 0.0925. The van der Waals surface area contributed by atoms with Gasteiger partial charge in [0.25, 0.3) is 0 Å². The lowest BCUT2D eigenvalue weighted by Gasteiger charge is -2.12. The topological polar surface area (TPSA) is 68.3 Å². The average molecular weight is 374 g/mol. The van der Waals surface area contributed by atoms with Gasteiger partial charge in [0.15, 0.2) is 5.75 Å².